The maximum Gasteiger partial charge on any atom is 0.231 e. The highest BCUT2D eigenvalue weighted by Crippen LogP contribution is 2.33. The number of piperazine rings is 1. The van der Waals surface area contributed by atoms with Gasteiger partial charge >= 0.3 is 0 Å². The fraction of sp³-hybridized carbons (Fsp3) is 0.684. The van der Waals surface area contributed by atoms with E-state index < -0.39 is 0 Å². The van der Waals surface area contributed by atoms with Gasteiger partial charge in [-0.1, -0.05) is 13.0 Å². The minimum absolute atomic E-state index is 0.359. The van der Waals surface area contributed by atoms with Crippen LogP contribution in [0.15, 0.2) is 18.2 Å². The van der Waals surface area contributed by atoms with E-state index in [1.54, 1.807) is 0 Å². The van der Waals surface area contributed by atoms with Crippen LogP contribution in [0.1, 0.15) is 32.3 Å². The lowest BCUT2D eigenvalue weighted by molar-refractivity contribution is 0.0499. The van der Waals surface area contributed by atoms with Gasteiger partial charge in [0.15, 0.2) is 11.5 Å². The molecule has 1 aromatic carbocycles. The topological polar surface area (TPSA) is 24.9 Å². The third kappa shape index (κ3) is 3.20. The van der Waals surface area contributed by atoms with Crippen LogP contribution in [0, 0.1) is 5.92 Å². The highest BCUT2D eigenvalue weighted by Gasteiger charge is 2.34. The summed E-state index contributed by atoms with van der Waals surface area (Å²) >= 11 is 0. The van der Waals surface area contributed by atoms with Crippen LogP contribution in [0.5, 0.6) is 11.5 Å². The SMILES string of the molecule is C[C@@H](Cc1ccc2c(c1)OCO2)CN1C[C@H]2CCCN2C[C@H]1C. The number of hydrogen-bond donors (Lipinski definition) is 0. The van der Waals surface area contributed by atoms with Gasteiger partial charge in [0.05, 0.1) is 0 Å². The molecular weight excluding hydrogens is 288 g/mol. The lowest BCUT2D eigenvalue weighted by Crippen LogP contribution is -2.55. The van der Waals surface area contributed by atoms with E-state index in [1.807, 2.05) is 6.07 Å². The molecular formula is C19H28N2O2. The molecule has 126 valence electrons. The molecule has 0 saturated carbocycles. The predicted octanol–water partition coefficient (Wildman–Crippen LogP) is 2.76. The predicted molar refractivity (Wildman–Crippen MR) is 91.1 cm³/mol. The summed E-state index contributed by atoms with van der Waals surface area (Å²) in [6.07, 6.45) is 3.88. The van der Waals surface area contributed by atoms with Crippen molar-refractivity contribution in [2.24, 2.45) is 5.92 Å². The molecule has 0 bridgehead atoms. The summed E-state index contributed by atoms with van der Waals surface area (Å²) in [7, 11) is 0. The first-order valence-corrected chi connectivity index (χ1v) is 9.05. The maximum atomic E-state index is 5.50. The zero-order valence-electron chi connectivity index (χ0n) is 14.3. The van der Waals surface area contributed by atoms with E-state index in [0.29, 0.717) is 18.8 Å². The van der Waals surface area contributed by atoms with E-state index >= 15 is 0 Å². The van der Waals surface area contributed by atoms with Gasteiger partial charge in [-0.3, -0.25) is 9.80 Å². The van der Waals surface area contributed by atoms with Crippen molar-refractivity contribution in [2.45, 2.75) is 45.2 Å². The maximum absolute atomic E-state index is 5.50. The third-order valence-electron chi connectivity index (χ3n) is 5.63. The lowest BCUT2D eigenvalue weighted by Gasteiger charge is -2.43. The molecule has 2 saturated heterocycles. The lowest BCUT2D eigenvalue weighted by atomic mass is 9.98. The van der Waals surface area contributed by atoms with Crippen molar-refractivity contribution in [3.05, 3.63) is 23.8 Å². The molecule has 3 aliphatic rings. The van der Waals surface area contributed by atoms with Crippen molar-refractivity contribution in [3.8, 4) is 11.5 Å². The van der Waals surface area contributed by atoms with Crippen LogP contribution in [0.4, 0.5) is 0 Å². The van der Waals surface area contributed by atoms with Crippen LogP contribution in [0.25, 0.3) is 0 Å². The average Bonchev–Trinajstić information content (AvgIpc) is 3.15. The van der Waals surface area contributed by atoms with E-state index in [1.165, 1.54) is 44.6 Å². The first-order valence-electron chi connectivity index (χ1n) is 9.05. The summed E-state index contributed by atoms with van der Waals surface area (Å²) in [6, 6.07) is 7.87. The summed E-state index contributed by atoms with van der Waals surface area (Å²) in [5.41, 5.74) is 1.36. The summed E-state index contributed by atoms with van der Waals surface area (Å²) in [5, 5.41) is 0. The molecule has 4 heteroatoms. The number of fused-ring (bicyclic) bond motifs is 2. The quantitative estimate of drug-likeness (QED) is 0.853. The first-order chi connectivity index (χ1) is 11.2. The third-order valence-corrected chi connectivity index (χ3v) is 5.63. The molecule has 0 spiro atoms. The van der Waals surface area contributed by atoms with Crippen molar-refractivity contribution >= 4 is 0 Å². The Kier molecular flexibility index (Phi) is 4.20. The molecule has 2 fully saturated rings. The van der Waals surface area contributed by atoms with Crippen molar-refractivity contribution < 1.29 is 9.47 Å². The van der Waals surface area contributed by atoms with Crippen LogP contribution in [-0.2, 0) is 6.42 Å². The second-order valence-electron chi connectivity index (χ2n) is 7.59. The van der Waals surface area contributed by atoms with E-state index in [2.05, 4.69) is 35.8 Å². The van der Waals surface area contributed by atoms with Gasteiger partial charge in [-0.05, 0) is 56.3 Å². The standard InChI is InChI=1S/C19H28N2O2/c1-14(8-16-5-6-18-19(9-16)23-13-22-18)10-21-12-17-4-3-7-20(17)11-15(21)2/h5-6,9,14-15,17H,3-4,7-8,10-13H2,1-2H3/t14-,15+,17+/m0/s1. The molecule has 4 rings (SSSR count). The normalized spacial score (nSPS) is 28.8. The molecule has 0 radical (unpaired) electrons. The fourth-order valence-electron chi connectivity index (χ4n) is 4.44. The van der Waals surface area contributed by atoms with E-state index in [4.69, 9.17) is 9.47 Å². The van der Waals surface area contributed by atoms with Crippen LogP contribution in [-0.4, -0.2) is 54.9 Å². The molecule has 3 atom stereocenters. The van der Waals surface area contributed by atoms with Gasteiger partial charge in [-0.2, -0.15) is 0 Å². The molecule has 0 unspecified atom stereocenters. The Balaban J connectivity index is 1.35. The Morgan fingerprint density at radius 3 is 3.00 bits per heavy atom. The Hall–Kier alpha value is -1.26. The zero-order valence-corrected chi connectivity index (χ0v) is 14.3. The van der Waals surface area contributed by atoms with Gasteiger partial charge in [0, 0.05) is 31.7 Å². The van der Waals surface area contributed by atoms with Gasteiger partial charge < -0.3 is 9.47 Å². The Labute approximate surface area is 139 Å². The summed E-state index contributed by atoms with van der Waals surface area (Å²) < 4.78 is 10.9. The van der Waals surface area contributed by atoms with Crippen LogP contribution in [0.3, 0.4) is 0 Å². The largest absolute Gasteiger partial charge is 0.454 e. The van der Waals surface area contributed by atoms with Crippen molar-refractivity contribution in [1.82, 2.24) is 9.80 Å². The second kappa shape index (κ2) is 6.33. The van der Waals surface area contributed by atoms with Crippen molar-refractivity contribution in [1.29, 1.82) is 0 Å². The van der Waals surface area contributed by atoms with Gasteiger partial charge in [-0.25, -0.2) is 0 Å². The summed E-state index contributed by atoms with van der Waals surface area (Å²) in [6.45, 7) is 10.1. The minimum atomic E-state index is 0.359. The molecule has 3 heterocycles. The van der Waals surface area contributed by atoms with Gasteiger partial charge in [0.25, 0.3) is 0 Å². The molecule has 0 aromatic heterocycles. The average molecular weight is 316 g/mol. The molecule has 0 amide bonds. The Bertz CT molecular complexity index is 562. The minimum Gasteiger partial charge on any atom is -0.454 e. The highest BCUT2D eigenvalue weighted by molar-refractivity contribution is 5.44. The van der Waals surface area contributed by atoms with Gasteiger partial charge in [0.1, 0.15) is 0 Å². The van der Waals surface area contributed by atoms with E-state index in [-0.39, 0.29) is 0 Å². The highest BCUT2D eigenvalue weighted by atomic mass is 16.7. The smallest absolute Gasteiger partial charge is 0.231 e. The number of hydrogen-bond acceptors (Lipinski definition) is 4. The van der Waals surface area contributed by atoms with Gasteiger partial charge in [0.2, 0.25) is 6.79 Å². The van der Waals surface area contributed by atoms with Crippen molar-refractivity contribution in [3.63, 3.8) is 0 Å². The number of benzene rings is 1. The van der Waals surface area contributed by atoms with Crippen LogP contribution >= 0.6 is 0 Å². The zero-order chi connectivity index (χ0) is 15.8. The molecule has 1 aromatic rings. The molecule has 0 N–H and O–H groups in total. The monoisotopic (exact) mass is 316 g/mol. The molecule has 3 aliphatic heterocycles. The first kappa shape index (κ1) is 15.3. The van der Waals surface area contributed by atoms with Gasteiger partial charge in [-0.15, -0.1) is 0 Å². The molecule has 23 heavy (non-hydrogen) atoms. The van der Waals surface area contributed by atoms with Crippen LogP contribution in [0.2, 0.25) is 0 Å². The fourth-order valence-corrected chi connectivity index (χ4v) is 4.44. The second-order valence-corrected chi connectivity index (χ2v) is 7.59. The molecule has 4 nitrogen and oxygen atoms in total. The van der Waals surface area contributed by atoms with E-state index in [0.717, 1.165) is 24.0 Å². The Morgan fingerprint density at radius 1 is 1.22 bits per heavy atom. The number of ether oxygens (including phenoxy) is 2. The summed E-state index contributed by atoms with van der Waals surface area (Å²) in [5.74, 6) is 2.45. The number of nitrogens with zero attached hydrogens (tertiary/aromatic N) is 2. The Morgan fingerprint density at radius 2 is 2.09 bits per heavy atom. The van der Waals surface area contributed by atoms with E-state index in [9.17, 15) is 0 Å². The molecule has 0 aliphatic carbocycles. The number of rotatable bonds is 4. The van der Waals surface area contributed by atoms with Crippen LogP contribution < -0.4 is 9.47 Å². The summed E-state index contributed by atoms with van der Waals surface area (Å²) in [4.78, 5) is 5.41. The van der Waals surface area contributed by atoms with Crippen molar-refractivity contribution in [2.75, 3.05) is 33.0 Å².